The molecule has 0 aliphatic heterocycles. The second-order valence-corrected chi connectivity index (χ2v) is 14.6. The van der Waals surface area contributed by atoms with E-state index in [2.05, 4.69) is 50.3 Å². The fourth-order valence-electron chi connectivity index (χ4n) is 5.23. The number of hydrogen-bond donors (Lipinski definition) is 2. The molecule has 3 N–H and O–H groups in total. The average Bonchev–Trinajstić information content (AvgIpc) is 3.10. The lowest BCUT2D eigenvalue weighted by Gasteiger charge is -2.19. The molecule has 0 heterocycles. The number of allylic oxidation sites excluding steroid dienone is 6. The lowest BCUT2D eigenvalue weighted by atomic mass is 10.1. The quantitative estimate of drug-likeness (QED) is 0.0277. The minimum absolute atomic E-state index is 0.0494. The van der Waals surface area contributed by atoms with Crippen molar-refractivity contribution < 1.29 is 37.6 Å². The minimum Gasteiger partial charge on any atom is -0.462 e. The Bertz CT molecular complexity index is 923. The zero-order chi connectivity index (χ0) is 36.8. The van der Waals surface area contributed by atoms with Crippen molar-refractivity contribution in [1.29, 1.82) is 0 Å². The Balaban J connectivity index is 4.23. The van der Waals surface area contributed by atoms with Crippen LogP contribution in [0.4, 0.5) is 0 Å². The maximum Gasteiger partial charge on any atom is 0.472 e. The second-order valence-electron chi connectivity index (χ2n) is 13.1. The maximum atomic E-state index is 12.5. The number of phosphoric acid groups is 1. The van der Waals surface area contributed by atoms with Gasteiger partial charge in [0.15, 0.2) is 6.10 Å². The fraction of sp³-hybridized carbons (Fsp3) is 0.800. The monoisotopic (exact) mass is 728 g/mol. The number of carbonyl (C=O) groups is 2. The smallest absolute Gasteiger partial charge is 0.462 e. The van der Waals surface area contributed by atoms with E-state index in [4.69, 9.17) is 24.3 Å². The van der Waals surface area contributed by atoms with Crippen LogP contribution in [-0.4, -0.2) is 49.3 Å². The van der Waals surface area contributed by atoms with Crippen LogP contribution in [0, 0.1) is 0 Å². The van der Waals surface area contributed by atoms with Crippen molar-refractivity contribution in [3.05, 3.63) is 36.5 Å². The summed E-state index contributed by atoms with van der Waals surface area (Å²) in [6, 6.07) is 0. The Morgan fingerprint density at radius 3 is 1.60 bits per heavy atom. The van der Waals surface area contributed by atoms with Gasteiger partial charge in [-0.1, -0.05) is 134 Å². The molecule has 0 amide bonds. The van der Waals surface area contributed by atoms with Gasteiger partial charge in [-0.25, -0.2) is 4.57 Å². The van der Waals surface area contributed by atoms with Gasteiger partial charge in [0.25, 0.3) is 0 Å². The van der Waals surface area contributed by atoms with Gasteiger partial charge in [0.1, 0.15) is 6.61 Å². The summed E-state index contributed by atoms with van der Waals surface area (Å²) < 4.78 is 32.7. The molecule has 10 heteroatoms. The molecule has 0 saturated carbocycles. The molecule has 0 spiro atoms. The van der Waals surface area contributed by atoms with Crippen LogP contribution in [0.3, 0.4) is 0 Å². The third-order valence-electron chi connectivity index (χ3n) is 8.25. The molecular weight excluding hydrogens is 653 g/mol. The van der Waals surface area contributed by atoms with E-state index in [1.165, 1.54) is 57.8 Å². The van der Waals surface area contributed by atoms with E-state index in [1.807, 2.05) is 0 Å². The minimum atomic E-state index is -4.38. The molecule has 0 bridgehead atoms. The van der Waals surface area contributed by atoms with Gasteiger partial charge in [-0.15, -0.1) is 0 Å². The standard InChI is InChI=1S/C40H74NO8P/c1-3-5-7-9-11-13-15-17-19-21-22-24-26-28-30-32-39(42)46-36-38(37-48-50(44,45)47-35-34-41)49-40(43)33-31-29-27-25-23-20-18-16-14-12-10-8-6-4-2/h10,12,16-19,38H,3-9,11,13-15,20-37,41H2,1-2H3,(H,44,45)/b12-10-,18-16-,19-17-. The second kappa shape index (κ2) is 37.0. The van der Waals surface area contributed by atoms with Gasteiger partial charge in [0.05, 0.1) is 13.2 Å². The first-order chi connectivity index (χ1) is 24.3. The molecule has 0 rings (SSSR count). The van der Waals surface area contributed by atoms with Crippen molar-refractivity contribution in [3.63, 3.8) is 0 Å². The van der Waals surface area contributed by atoms with Crippen molar-refractivity contribution in [1.82, 2.24) is 0 Å². The van der Waals surface area contributed by atoms with Gasteiger partial charge in [-0.2, -0.15) is 0 Å². The first-order valence-corrected chi connectivity index (χ1v) is 21.5. The number of ether oxygens (including phenoxy) is 2. The van der Waals surface area contributed by atoms with Crippen molar-refractivity contribution in [2.45, 2.75) is 180 Å². The molecule has 2 unspecified atom stereocenters. The van der Waals surface area contributed by atoms with E-state index in [9.17, 15) is 19.0 Å². The van der Waals surface area contributed by atoms with Crippen molar-refractivity contribution in [3.8, 4) is 0 Å². The predicted octanol–water partition coefficient (Wildman–Crippen LogP) is 11.0. The highest BCUT2D eigenvalue weighted by molar-refractivity contribution is 7.47. The molecule has 0 radical (unpaired) electrons. The van der Waals surface area contributed by atoms with Gasteiger partial charge in [-0.3, -0.25) is 18.6 Å². The maximum absolute atomic E-state index is 12.5. The third kappa shape index (κ3) is 36.0. The van der Waals surface area contributed by atoms with Crippen LogP contribution < -0.4 is 5.73 Å². The van der Waals surface area contributed by atoms with Crippen LogP contribution >= 0.6 is 7.82 Å². The number of esters is 2. The summed E-state index contributed by atoms with van der Waals surface area (Å²) in [4.78, 5) is 34.7. The molecular formula is C40H74NO8P. The van der Waals surface area contributed by atoms with Gasteiger partial charge in [0.2, 0.25) is 0 Å². The van der Waals surface area contributed by atoms with E-state index in [0.29, 0.717) is 6.42 Å². The normalized spacial score (nSPS) is 13.8. The summed E-state index contributed by atoms with van der Waals surface area (Å²) in [6.07, 6.45) is 38.8. The highest BCUT2D eigenvalue weighted by Gasteiger charge is 2.25. The zero-order valence-electron chi connectivity index (χ0n) is 31.9. The number of nitrogens with two attached hydrogens (primary N) is 1. The molecule has 0 fully saturated rings. The lowest BCUT2D eigenvalue weighted by molar-refractivity contribution is -0.161. The molecule has 2 atom stereocenters. The van der Waals surface area contributed by atoms with Crippen molar-refractivity contribution >= 4 is 19.8 Å². The number of carbonyl (C=O) groups excluding carboxylic acids is 2. The van der Waals surface area contributed by atoms with Crippen LogP contribution in [0.5, 0.6) is 0 Å². The van der Waals surface area contributed by atoms with Crippen LogP contribution in [0.1, 0.15) is 174 Å². The number of phosphoric ester groups is 1. The molecule has 292 valence electrons. The van der Waals surface area contributed by atoms with Gasteiger partial charge in [0, 0.05) is 19.4 Å². The van der Waals surface area contributed by atoms with Gasteiger partial charge in [-0.05, 0) is 64.2 Å². The molecule has 0 aromatic heterocycles. The molecule has 50 heavy (non-hydrogen) atoms. The largest absolute Gasteiger partial charge is 0.472 e. The Morgan fingerprint density at radius 1 is 0.600 bits per heavy atom. The first kappa shape index (κ1) is 48.2. The van der Waals surface area contributed by atoms with Crippen LogP contribution in [0.2, 0.25) is 0 Å². The molecule has 0 saturated heterocycles. The summed E-state index contributed by atoms with van der Waals surface area (Å²) in [6.45, 7) is 3.65. The zero-order valence-corrected chi connectivity index (χ0v) is 32.8. The topological polar surface area (TPSA) is 134 Å². The van der Waals surface area contributed by atoms with Crippen LogP contribution in [-0.2, 0) is 32.7 Å². The van der Waals surface area contributed by atoms with E-state index in [0.717, 1.165) is 83.5 Å². The molecule has 9 nitrogen and oxygen atoms in total. The lowest BCUT2D eigenvalue weighted by Crippen LogP contribution is -2.29. The summed E-state index contributed by atoms with van der Waals surface area (Å²) in [5, 5.41) is 0. The van der Waals surface area contributed by atoms with Crippen LogP contribution in [0.25, 0.3) is 0 Å². The van der Waals surface area contributed by atoms with Crippen molar-refractivity contribution in [2.24, 2.45) is 5.73 Å². The molecule has 0 aliphatic carbocycles. The summed E-state index contributed by atoms with van der Waals surface area (Å²) in [5.41, 5.74) is 5.33. The Hall–Kier alpha value is -1.77. The Morgan fingerprint density at radius 2 is 1.06 bits per heavy atom. The van der Waals surface area contributed by atoms with E-state index < -0.39 is 32.5 Å². The number of hydrogen-bond acceptors (Lipinski definition) is 8. The fourth-order valence-corrected chi connectivity index (χ4v) is 6.00. The Kier molecular flexibility index (Phi) is 35.7. The number of unbranched alkanes of at least 4 members (excludes halogenated alkanes) is 18. The predicted molar refractivity (Wildman–Crippen MR) is 206 cm³/mol. The van der Waals surface area contributed by atoms with Gasteiger partial charge >= 0.3 is 19.8 Å². The summed E-state index contributed by atoms with van der Waals surface area (Å²) >= 11 is 0. The molecule has 0 aromatic rings. The van der Waals surface area contributed by atoms with E-state index >= 15 is 0 Å². The highest BCUT2D eigenvalue weighted by Crippen LogP contribution is 2.43. The first-order valence-electron chi connectivity index (χ1n) is 20.0. The van der Waals surface area contributed by atoms with Crippen LogP contribution in [0.15, 0.2) is 36.5 Å². The van der Waals surface area contributed by atoms with Crippen molar-refractivity contribution in [2.75, 3.05) is 26.4 Å². The third-order valence-corrected chi connectivity index (χ3v) is 9.23. The SMILES string of the molecule is CCCC/C=C\C/C=C\CCCCCCCC(=O)OC(COC(=O)CCCCCCC/C=C\CCCCCCCC)COP(=O)(O)OCCN. The molecule has 0 aliphatic rings. The Labute approximate surface area is 305 Å². The van der Waals surface area contributed by atoms with E-state index in [-0.39, 0.29) is 32.6 Å². The average molecular weight is 728 g/mol. The molecule has 0 aromatic carbocycles. The number of rotatable bonds is 37. The van der Waals surface area contributed by atoms with E-state index in [1.54, 1.807) is 0 Å². The summed E-state index contributed by atoms with van der Waals surface area (Å²) in [7, 11) is -4.38. The summed E-state index contributed by atoms with van der Waals surface area (Å²) in [5.74, 6) is -0.856. The highest BCUT2D eigenvalue weighted by atomic mass is 31.2. The van der Waals surface area contributed by atoms with Gasteiger partial charge < -0.3 is 20.1 Å².